The number of rotatable bonds is 5. The van der Waals surface area contributed by atoms with Gasteiger partial charge in [-0.3, -0.25) is 24.5 Å². The van der Waals surface area contributed by atoms with E-state index in [0.29, 0.717) is 11.4 Å². The normalized spacial score (nSPS) is 20.7. The van der Waals surface area contributed by atoms with Gasteiger partial charge >= 0.3 is 0 Å². The van der Waals surface area contributed by atoms with Gasteiger partial charge in [-0.2, -0.15) is 0 Å². The van der Waals surface area contributed by atoms with Gasteiger partial charge in [0, 0.05) is 37.3 Å². The molecule has 0 aromatic heterocycles. The van der Waals surface area contributed by atoms with Crippen LogP contribution < -0.4 is 14.9 Å². The van der Waals surface area contributed by atoms with E-state index in [2.05, 4.69) is 0 Å². The minimum atomic E-state index is -1.07. The molecule has 0 N–H and O–H groups in total. The summed E-state index contributed by atoms with van der Waals surface area (Å²) < 4.78 is 0. The van der Waals surface area contributed by atoms with Crippen LogP contribution in [-0.4, -0.2) is 36.9 Å². The van der Waals surface area contributed by atoms with Gasteiger partial charge in [0.15, 0.2) is 6.10 Å². The lowest BCUT2D eigenvalue weighted by atomic mass is 9.90. The first kappa shape index (κ1) is 23.6. The van der Waals surface area contributed by atoms with Crippen molar-refractivity contribution in [3.63, 3.8) is 0 Å². The molecule has 3 atom stereocenters. The average molecular weight is 509 g/mol. The highest BCUT2D eigenvalue weighted by atomic mass is 16.7. The number of anilines is 3. The molecule has 0 radical (unpaired) electrons. The maximum atomic E-state index is 14.0. The number of hydrogen-bond acceptors (Lipinski definition) is 7. The zero-order valence-corrected chi connectivity index (χ0v) is 20.7. The molecule has 0 unspecified atom stereocenters. The second-order valence-corrected chi connectivity index (χ2v) is 9.60. The molecule has 2 aliphatic rings. The molecule has 0 aliphatic carbocycles. The van der Waals surface area contributed by atoms with Crippen LogP contribution >= 0.6 is 0 Å². The predicted octanol–water partition coefficient (Wildman–Crippen LogP) is 4.87. The summed E-state index contributed by atoms with van der Waals surface area (Å²) in [7, 11) is 3.86. The lowest BCUT2D eigenvalue weighted by Gasteiger charge is -2.29. The summed E-state index contributed by atoms with van der Waals surface area (Å²) in [6.07, 6.45) is -1.07. The maximum absolute atomic E-state index is 14.0. The Bertz CT molecular complexity index is 1580. The molecule has 2 aliphatic heterocycles. The van der Waals surface area contributed by atoms with E-state index in [1.807, 2.05) is 79.7 Å². The Balaban J connectivity index is 1.46. The van der Waals surface area contributed by atoms with Crippen LogP contribution in [0, 0.1) is 16.0 Å². The van der Waals surface area contributed by atoms with Crippen molar-refractivity contribution in [2.75, 3.05) is 29.0 Å². The van der Waals surface area contributed by atoms with Crippen molar-refractivity contribution in [1.29, 1.82) is 0 Å². The third-order valence-corrected chi connectivity index (χ3v) is 7.17. The summed E-state index contributed by atoms with van der Waals surface area (Å²) in [6.45, 7) is 0. The quantitative estimate of drug-likeness (QED) is 0.216. The summed E-state index contributed by atoms with van der Waals surface area (Å²) in [4.78, 5) is 48.1. The minimum Gasteiger partial charge on any atom is -0.378 e. The number of fused-ring (bicyclic) bond motifs is 2. The molecule has 2 saturated heterocycles. The Labute approximate surface area is 218 Å². The Hall–Kier alpha value is -4.76. The third-order valence-electron chi connectivity index (χ3n) is 7.17. The molecule has 2 fully saturated rings. The number of benzene rings is 4. The average Bonchev–Trinajstić information content (AvgIpc) is 3.44. The smallest absolute Gasteiger partial charge is 0.271 e. The second-order valence-electron chi connectivity index (χ2n) is 9.60. The minimum absolute atomic E-state index is 0.111. The predicted molar refractivity (Wildman–Crippen MR) is 144 cm³/mol. The number of nitro benzene ring substituents is 1. The highest BCUT2D eigenvalue weighted by molar-refractivity contribution is 6.26. The standard InChI is InChI=1S/C29H24N4O5/c1-30(2)20-15-13-19(14-16-20)26-25-27(38-32(26)21-9-6-10-22(17-21)33(36)37)29(35)31(28(25)34)24-12-5-8-18-7-3-4-11-23(18)24/h3-17,25-27H,1-2H3/t25-,26-,27+/m1/s1. The van der Waals surface area contributed by atoms with Crippen molar-refractivity contribution in [2.24, 2.45) is 5.92 Å². The summed E-state index contributed by atoms with van der Waals surface area (Å²) in [5.41, 5.74) is 2.53. The number of carbonyl (C=O) groups is 2. The fraction of sp³-hybridized carbons (Fsp3) is 0.172. The topological polar surface area (TPSA) is 96.2 Å². The molecule has 9 nitrogen and oxygen atoms in total. The highest BCUT2D eigenvalue weighted by Gasteiger charge is 2.60. The van der Waals surface area contributed by atoms with Crippen molar-refractivity contribution in [2.45, 2.75) is 12.1 Å². The molecule has 38 heavy (non-hydrogen) atoms. The molecular weight excluding hydrogens is 484 g/mol. The van der Waals surface area contributed by atoms with Crippen molar-refractivity contribution >= 4 is 45.3 Å². The number of imide groups is 1. The highest BCUT2D eigenvalue weighted by Crippen LogP contribution is 2.48. The fourth-order valence-electron chi connectivity index (χ4n) is 5.33. The van der Waals surface area contributed by atoms with E-state index in [-0.39, 0.29) is 11.6 Å². The molecule has 2 heterocycles. The molecule has 4 aromatic carbocycles. The van der Waals surface area contributed by atoms with E-state index in [4.69, 9.17) is 4.84 Å². The Morgan fingerprint density at radius 2 is 1.58 bits per heavy atom. The summed E-state index contributed by atoms with van der Waals surface area (Å²) in [5, 5.41) is 14.6. The van der Waals surface area contributed by atoms with Crippen LogP contribution in [0.15, 0.2) is 91.0 Å². The molecular formula is C29H24N4O5. The van der Waals surface area contributed by atoms with E-state index in [1.54, 1.807) is 18.2 Å². The zero-order chi connectivity index (χ0) is 26.6. The fourth-order valence-corrected chi connectivity index (χ4v) is 5.33. The molecule has 4 aromatic rings. The van der Waals surface area contributed by atoms with E-state index >= 15 is 0 Å². The van der Waals surface area contributed by atoms with E-state index in [0.717, 1.165) is 22.0 Å². The monoisotopic (exact) mass is 508 g/mol. The van der Waals surface area contributed by atoms with Crippen molar-refractivity contribution in [3.8, 4) is 0 Å². The molecule has 190 valence electrons. The third kappa shape index (κ3) is 3.67. The van der Waals surface area contributed by atoms with Gasteiger partial charge in [0.1, 0.15) is 5.92 Å². The number of hydroxylamine groups is 1. The molecule has 2 amide bonds. The zero-order valence-electron chi connectivity index (χ0n) is 20.7. The van der Waals surface area contributed by atoms with Crippen LogP contribution in [0.2, 0.25) is 0 Å². The molecule has 0 saturated carbocycles. The number of nitro groups is 1. The van der Waals surface area contributed by atoms with Gasteiger partial charge in [0.2, 0.25) is 5.91 Å². The number of non-ortho nitro benzene ring substituents is 1. The van der Waals surface area contributed by atoms with Gasteiger partial charge in [0.25, 0.3) is 11.6 Å². The first-order chi connectivity index (χ1) is 18.3. The first-order valence-corrected chi connectivity index (χ1v) is 12.2. The van der Waals surface area contributed by atoms with E-state index in [1.165, 1.54) is 22.1 Å². The molecule has 0 bridgehead atoms. The van der Waals surface area contributed by atoms with Crippen molar-refractivity contribution in [1.82, 2.24) is 0 Å². The summed E-state index contributed by atoms with van der Waals surface area (Å²) >= 11 is 0. The Kier molecular flexibility index (Phi) is 5.57. The van der Waals surface area contributed by atoms with Crippen LogP contribution in [-0.2, 0) is 14.4 Å². The van der Waals surface area contributed by atoms with Crippen LogP contribution in [0.1, 0.15) is 11.6 Å². The lowest BCUT2D eigenvalue weighted by molar-refractivity contribution is -0.384. The second kappa shape index (κ2) is 8.97. The molecule has 9 heteroatoms. The van der Waals surface area contributed by atoms with Gasteiger partial charge in [-0.1, -0.05) is 54.6 Å². The Morgan fingerprint density at radius 1 is 0.868 bits per heavy atom. The lowest BCUT2D eigenvalue weighted by Crippen LogP contribution is -2.37. The van der Waals surface area contributed by atoms with Crippen molar-refractivity contribution < 1.29 is 19.3 Å². The Morgan fingerprint density at radius 3 is 2.32 bits per heavy atom. The number of amides is 2. The first-order valence-electron chi connectivity index (χ1n) is 12.2. The summed E-state index contributed by atoms with van der Waals surface area (Å²) in [5.74, 6) is -1.67. The van der Waals surface area contributed by atoms with Gasteiger partial charge in [-0.25, -0.2) is 9.96 Å². The van der Waals surface area contributed by atoms with E-state index in [9.17, 15) is 19.7 Å². The van der Waals surface area contributed by atoms with Gasteiger partial charge in [-0.15, -0.1) is 0 Å². The van der Waals surface area contributed by atoms with Gasteiger partial charge in [0.05, 0.1) is 22.3 Å². The van der Waals surface area contributed by atoms with Crippen LogP contribution in [0.5, 0.6) is 0 Å². The summed E-state index contributed by atoms with van der Waals surface area (Å²) in [6, 6.07) is 26.1. The SMILES string of the molecule is CN(C)c1ccc([C@@H]2[C@H]3C(=O)N(c4cccc5ccccc45)C(=O)[C@H]3ON2c2cccc([N+](=O)[O-])c2)cc1. The number of hydrogen-bond donors (Lipinski definition) is 0. The van der Waals surface area contributed by atoms with Crippen LogP contribution in [0.25, 0.3) is 10.8 Å². The van der Waals surface area contributed by atoms with E-state index < -0.39 is 28.9 Å². The van der Waals surface area contributed by atoms with Crippen LogP contribution in [0.4, 0.5) is 22.7 Å². The molecule has 0 spiro atoms. The maximum Gasteiger partial charge on any atom is 0.271 e. The molecule has 6 rings (SSSR count). The number of nitrogens with zero attached hydrogens (tertiary/aromatic N) is 4. The largest absolute Gasteiger partial charge is 0.378 e. The van der Waals surface area contributed by atoms with Crippen LogP contribution in [0.3, 0.4) is 0 Å². The van der Waals surface area contributed by atoms with Gasteiger partial charge in [-0.05, 0) is 35.2 Å². The van der Waals surface area contributed by atoms with Gasteiger partial charge < -0.3 is 4.90 Å². The number of carbonyl (C=O) groups excluding carboxylic acids is 2. The van der Waals surface area contributed by atoms with Crippen molar-refractivity contribution in [3.05, 3.63) is 107 Å².